The molecular weight excluding hydrogens is 224 g/mol. The standard InChI is InChI=1S/C15H22N2O/c1-10-4-3-5-11(2)14(10)17-15(18)12-6-8-13(16)9-7-12/h3-5,12-13H,6-9,16H2,1-2H3,(H,17,18). The van der Waals surface area contributed by atoms with Crippen LogP contribution in [0.3, 0.4) is 0 Å². The topological polar surface area (TPSA) is 55.1 Å². The van der Waals surface area contributed by atoms with E-state index in [1.54, 1.807) is 0 Å². The number of para-hydroxylation sites is 1. The van der Waals surface area contributed by atoms with Crippen molar-refractivity contribution in [2.24, 2.45) is 11.7 Å². The molecule has 1 saturated carbocycles. The van der Waals surface area contributed by atoms with Crippen molar-refractivity contribution in [1.29, 1.82) is 0 Å². The zero-order valence-electron chi connectivity index (χ0n) is 11.2. The van der Waals surface area contributed by atoms with Gasteiger partial charge >= 0.3 is 0 Å². The first-order valence-corrected chi connectivity index (χ1v) is 6.70. The maximum absolute atomic E-state index is 12.2. The molecule has 2 rings (SSSR count). The number of anilines is 1. The van der Waals surface area contributed by atoms with Crippen molar-refractivity contribution in [2.45, 2.75) is 45.6 Å². The van der Waals surface area contributed by atoms with Crippen LogP contribution in [0, 0.1) is 19.8 Å². The number of hydrogen-bond acceptors (Lipinski definition) is 2. The minimum Gasteiger partial charge on any atom is -0.328 e. The van der Waals surface area contributed by atoms with Gasteiger partial charge in [-0.2, -0.15) is 0 Å². The highest BCUT2D eigenvalue weighted by atomic mass is 16.1. The number of aryl methyl sites for hydroxylation is 2. The molecule has 1 aliphatic rings. The Morgan fingerprint density at radius 3 is 2.28 bits per heavy atom. The highest BCUT2D eigenvalue weighted by molar-refractivity contribution is 5.94. The second kappa shape index (κ2) is 5.53. The zero-order valence-corrected chi connectivity index (χ0v) is 11.2. The van der Waals surface area contributed by atoms with E-state index in [1.807, 2.05) is 32.0 Å². The Morgan fingerprint density at radius 2 is 1.72 bits per heavy atom. The molecule has 1 amide bonds. The lowest BCUT2D eigenvalue weighted by atomic mass is 9.86. The molecule has 3 N–H and O–H groups in total. The third kappa shape index (κ3) is 2.91. The van der Waals surface area contributed by atoms with Crippen LogP contribution in [-0.2, 0) is 4.79 Å². The van der Waals surface area contributed by atoms with Gasteiger partial charge < -0.3 is 11.1 Å². The first kappa shape index (κ1) is 13.1. The van der Waals surface area contributed by atoms with E-state index in [9.17, 15) is 4.79 Å². The quantitative estimate of drug-likeness (QED) is 0.843. The number of nitrogens with one attached hydrogen (secondary N) is 1. The van der Waals surface area contributed by atoms with E-state index in [1.165, 1.54) is 0 Å². The first-order chi connectivity index (χ1) is 8.58. The van der Waals surface area contributed by atoms with Gasteiger partial charge in [-0.15, -0.1) is 0 Å². The molecule has 1 aromatic carbocycles. The van der Waals surface area contributed by atoms with Gasteiger partial charge in [0.05, 0.1) is 0 Å². The summed E-state index contributed by atoms with van der Waals surface area (Å²) in [5.41, 5.74) is 9.08. The van der Waals surface area contributed by atoms with Gasteiger partial charge in [0.25, 0.3) is 0 Å². The number of carbonyl (C=O) groups is 1. The van der Waals surface area contributed by atoms with Crippen molar-refractivity contribution >= 4 is 11.6 Å². The van der Waals surface area contributed by atoms with Gasteiger partial charge in [0.2, 0.25) is 5.91 Å². The van der Waals surface area contributed by atoms with Gasteiger partial charge in [-0.25, -0.2) is 0 Å². The van der Waals surface area contributed by atoms with E-state index >= 15 is 0 Å². The van der Waals surface area contributed by atoms with Crippen LogP contribution < -0.4 is 11.1 Å². The average molecular weight is 246 g/mol. The summed E-state index contributed by atoms with van der Waals surface area (Å²) >= 11 is 0. The monoisotopic (exact) mass is 246 g/mol. The van der Waals surface area contributed by atoms with E-state index in [-0.39, 0.29) is 17.9 Å². The molecule has 0 radical (unpaired) electrons. The fourth-order valence-electron chi connectivity index (χ4n) is 2.62. The van der Waals surface area contributed by atoms with Crippen LogP contribution in [0.4, 0.5) is 5.69 Å². The maximum atomic E-state index is 12.2. The molecule has 0 heterocycles. The smallest absolute Gasteiger partial charge is 0.227 e. The molecule has 1 aromatic rings. The lowest BCUT2D eigenvalue weighted by Crippen LogP contribution is -2.32. The Balaban J connectivity index is 2.03. The molecule has 0 aromatic heterocycles. The Hall–Kier alpha value is -1.35. The molecule has 0 saturated heterocycles. The summed E-state index contributed by atoms with van der Waals surface area (Å²) in [6.45, 7) is 4.05. The highest BCUT2D eigenvalue weighted by Crippen LogP contribution is 2.26. The van der Waals surface area contributed by atoms with E-state index < -0.39 is 0 Å². The van der Waals surface area contributed by atoms with Crippen LogP contribution >= 0.6 is 0 Å². The van der Waals surface area contributed by atoms with Crippen molar-refractivity contribution < 1.29 is 4.79 Å². The molecule has 0 unspecified atom stereocenters. The van der Waals surface area contributed by atoms with Gasteiger partial charge in [-0.05, 0) is 50.7 Å². The van der Waals surface area contributed by atoms with Gasteiger partial charge in [-0.3, -0.25) is 4.79 Å². The minimum atomic E-state index is 0.129. The van der Waals surface area contributed by atoms with Crippen molar-refractivity contribution in [1.82, 2.24) is 0 Å². The molecule has 3 nitrogen and oxygen atoms in total. The SMILES string of the molecule is Cc1cccc(C)c1NC(=O)C1CCC(N)CC1. The van der Waals surface area contributed by atoms with E-state index in [4.69, 9.17) is 5.73 Å². The lowest BCUT2D eigenvalue weighted by molar-refractivity contribution is -0.120. The summed E-state index contributed by atoms with van der Waals surface area (Å²) in [4.78, 5) is 12.2. The van der Waals surface area contributed by atoms with Crippen LogP contribution in [0.1, 0.15) is 36.8 Å². The maximum Gasteiger partial charge on any atom is 0.227 e. The van der Waals surface area contributed by atoms with Gasteiger partial charge in [0.15, 0.2) is 0 Å². The van der Waals surface area contributed by atoms with Crippen LogP contribution in [0.15, 0.2) is 18.2 Å². The fourth-order valence-corrected chi connectivity index (χ4v) is 2.62. The molecule has 0 spiro atoms. The Kier molecular flexibility index (Phi) is 4.02. The molecule has 1 fully saturated rings. The number of nitrogens with two attached hydrogens (primary N) is 1. The largest absolute Gasteiger partial charge is 0.328 e. The summed E-state index contributed by atoms with van der Waals surface area (Å²) in [5, 5.41) is 3.08. The lowest BCUT2D eigenvalue weighted by Gasteiger charge is -2.25. The molecule has 1 aliphatic carbocycles. The predicted octanol–water partition coefficient (Wildman–Crippen LogP) is 2.76. The molecule has 3 heteroatoms. The third-order valence-corrected chi connectivity index (χ3v) is 3.87. The normalized spacial score (nSPS) is 23.7. The average Bonchev–Trinajstić information content (AvgIpc) is 2.34. The minimum absolute atomic E-state index is 0.129. The molecule has 0 atom stereocenters. The second-order valence-electron chi connectivity index (χ2n) is 5.37. The molecule has 0 aliphatic heterocycles. The number of benzene rings is 1. The summed E-state index contributed by atoms with van der Waals surface area (Å²) in [5.74, 6) is 0.281. The van der Waals surface area contributed by atoms with Gasteiger partial charge in [0.1, 0.15) is 0 Å². The summed E-state index contributed by atoms with van der Waals surface area (Å²) in [7, 11) is 0. The van der Waals surface area contributed by atoms with Gasteiger partial charge in [0, 0.05) is 17.6 Å². The second-order valence-corrected chi connectivity index (χ2v) is 5.37. The van der Waals surface area contributed by atoms with Crippen LogP contribution in [0.25, 0.3) is 0 Å². The summed E-state index contributed by atoms with van der Waals surface area (Å²) in [6, 6.07) is 6.35. The number of rotatable bonds is 2. The first-order valence-electron chi connectivity index (χ1n) is 6.70. The zero-order chi connectivity index (χ0) is 13.1. The third-order valence-electron chi connectivity index (χ3n) is 3.87. The van der Waals surface area contributed by atoms with Crippen LogP contribution in [0.2, 0.25) is 0 Å². The predicted molar refractivity (Wildman–Crippen MR) is 74.5 cm³/mol. The Labute approximate surface area is 109 Å². The highest BCUT2D eigenvalue weighted by Gasteiger charge is 2.25. The Morgan fingerprint density at radius 1 is 1.17 bits per heavy atom. The van der Waals surface area contributed by atoms with Gasteiger partial charge in [-0.1, -0.05) is 18.2 Å². The van der Waals surface area contributed by atoms with Crippen LogP contribution in [-0.4, -0.2) is 11.9 Å². The number of amides is 1. The summed E-state index contributed by atoms with van der Waals surface area (Å²) in [6.07, 6.45) is 3.76. The Bertz CT molecular complexity index is 414. The van der Waals surface area contributed by atoms with Crippen molar-refractivity contribution in [3.63, 3.8) is 0 Å². The fraction of sp³-hybridized carbons (Fsp3) is 0.533. The van der Waals surface area contributed by atoms with Crippen molar-refractivity contribution in [3.05, 3.63) is 29.3 Å². The summed E-state index contributed by atoms with van der Waals surface area (Å²) < 4.78 is 0. The number of carbonyl (C=O) groups excluding carboxylic acids is 1. The van der Waals surface area contributed by atoms with E-state index in [0.717, 1.165) is 42.5 Å². The molecular formula is C15H22N2O. The number of hydrogen-bond donors (Lipinski definition) is 2. The van der Waals surface area contributed by atoms with Crippen molar-refractivity contribution in [2.75, 3.05) is 5.32 Å². The molecule has 0 bridgehead atoms. The molecule has 18 heavy (non-hydrogen) atoms. The van der Waals surface area contributed by atoms with E-state index in [0.29, 0.717) is 0 Å². The van der Waals surface area contributed by atoms with Crippen molar-refractivity contribution in [3.8, 4) is 0 Å². The molecule has 98 valence electrons. The van der Waals surface area contributed by atoms with Crippen LogP contribution in [0.5, 0.6) is 0 Å². The van der Waals surface area contributed by atoms with E-state index in [2.05, 4.69) is 5.32 Å².